The minimum Gasteiger partial charge on any atom is -0.444 e. The maximum atomic E-state index is 13.0. The van der Waals surface area contributed by atoms with Gasteiger partial charge in [-0.25, -0.2) is 4.79 Å². The van der Waals surface area contributed by atoms with E-state index in [1.54, 1.807) is 23.5 Å². The average molecular weight is 623 g/mol. The molecule has 0 spiro atoms. The molecule has 0 saturated heterocycles. The molecule has 1 saturated carbocycles. The van der Waals surface area contributed by atoms with Crippen LogP contribution in [0.3, 0.4) is 0 Å². The lowest BCUT2D eigenvalue weighted by Gasteiger charge is -2.33. The number of amides is 2. The maximum Gasteiger partial charge on any atom is 0.407 e. The van der Waals surface area contributed by atoms with Gasteiger partial charge in [-0.15, -0.1) is 23.5 Å². The zero-order valence-electron chi connectivity index (χ0n) is 25.2. The predicted molar refractivity (Wildman–Crippen MR) is 173 cm³/mol. The van der Waals surface area contributed by atoms with Crippen molar-refractivity contribution in [3.8, 4) is 0 Å². The van der Waals surface area contributed by atoms with Crippen molar-refractivity contribution in [2.24, 2.45) is 5.92 Å². The van der Waals surface area contributed by atoms with E-state index in [0.29, 0.717) is 13.0 Å². The minimum atomic E-state index is -1.19. The first-order valence-electron chi connectivity index (χ1n) is 14.5. The van der Waals surface area contributed by atoms with Crippen LogP contribution in [0.15, 0.2) is 101 Å². The number of carbonyl (C=O) groups is 2. The van der Waals surface area contributed by atoms with Crippen LogP contribution in [0, 0.1) is 5.92 Å². The van der Waals surface area contributed by atoms with Gasteiger partial charge in [-0.3, -0.25) is 4.79 Å². The maximum absolute atomic E-state index is 13.0. The molecule has 7 nitrogen and oxygen atoms in total. The monoisotopic (exact) mass is 622 g/mol. The number of thioether (sulfide) groups is 2. The van der Waals surface area contributed by atoms with Crippen molar-refractivity contribution >= 4 is 35.5 Å². The molecule has 9 heteroatoms. The number of carbonyl (C=O) groups excluding carboxylic acids is 2. The summed E-state index contributed by atoms with van der Waals surface area (Å²) in [4.78, 5) is 27.5. The topological polar surface area (TPSA) is 96.9 Å². The summed E-state index contributed by atoms with van der Waals surface area (Å²) in [6.45, 7) is 7.53. The Bertz CT molecular complexity index is 1270. The average Bonchev–Trinajstić information content (AvgIpc) is 3.29. The summed E-state index contributed by atoms with van der Waals surface area (Å²) in [5.41, 5.74) is -0.852. The molecule has 1 aliphatic rings. The zero-order chi connectivity index (χ0) is 30.9. The molecule has 0 bridgehead atoms. The Kier molecular flexibility index (Phi) is 11.6. The molecule has 1 fully saturated rings. The Morgan fingerprint density at radius 2 is 1.44 bits per heavy atom. The molecule has 3 N–H and O–H groups in total. The van der Waals surface area contributed by atoms with Crippen molar-refractivity contribution in [2.75, 3.05) is 6.61 Å². The lowest BCUT2D eigenvalue weighted by Crippen LogP contribution is -2.50. The zero-order valence-corrected chi connectivity index (χ0v) is 26.8. The van der Waals surface area contributed by atoms with Crippen LogP contribution < -0.4 is 10.6 Å². The van der Waals surface area contributed by atoms with E-state index >= 15 is 0 Å². The van der Waals surface area contributed by atoms with E-state index in [-0.39, 0.29) is 29.4 Å². The van der Waals surface area contributed by atoms with Gasteiger partial charge in [0.25, 0.3) is 0 Å². The first kappa shape index (κ1) is 32.9. The van der Waals surface area contributed by atoms with Gasteiger partial charge in [0.15, 0.2) is 0 Å². The third-order valence-corrected chi connectivity index (χ3v) is 10.1. The molecular formula is C34H42N2O5S2. The summed E-state index contributed by atoms with van der Waals surface area (Å²) in [5, 5.41) is 18.6. The number of rotatable bonds is 12. The second-order valence-electron chi connectivity index (χ2n) is 11.9. The SMILES string of the molecule is CC(=O)NC(COCc1ccccc1)C1CC(O)(C(Sc2ccccc2)Sc2ccccc2)CC1NC(=O)OC(C)(C)C. The standard InChI is InChI=1S/C34H42N2O5S2/c1-24(37)35-30(23-40-22-25-14-8-5-9-15-25)28-20-34(39,21-29(28)36-32(38)41-33(2,3)4)31(42-26-16-10-6-11-17-26)43-27-18-12-7-13-19-27/h5-19,28-31,39H,20-23H2,1-4H3,(H,35,37)(H,36,38). The number of hydrogen-bond acceptors (Lipinski definition) is 7. The number of benzene rings is 3. The highest BCUT2D eigenvalue weighted by atomic mass is 32.2. The van der Waals surface area contributed by atoms with Crippen LogP contribution in [-0.4, -0.2) is 51.6 Å². The highest BCUT2D eigenvalue weighted by Gasteiger charge is 2.52. The summed E-state index contributed by atoms with van der Waals surface area (Å²) < 4.78 is 11.4. The van der Waals surface area contributed by atoms with Crippen LogP contribution in [0.25, 0.3) is 0 Å². The van der Waals surface area contributed by atoms with Crippen LogP contribution in [0.4, 0.5) is 4.79 Å². The van der Waals surface area contributed by atoms with Gasteiger partial charge in [-0.2, -0.15) is 0 Å². The van der Waals surface area contributed by atoms with E-state index in [1.807, 2.05) is 112 Å². The molecule has 4 atom stereocenters. The third-order valence-electron chi connectivity index (χ3n) is 7.11. The summed E-state index contributed by atoms with van der Waals surface area (Å²) in [6, 6.07) is 28.9. The molecular weight excluding hydrogens is 581 g/mol. The molecule has 3 aromatic rings. The molecule has 4 unspecified atom stereocenters. The summed E-state index contributed by atoms with van der Waals surface area (Å²) in [7, 11) is 0. The van der Waals surface area contributed by atoms with E-state index in [0.717, 1.165) is 15.4 Å². The van der Waals surface area contributed by atoms with Crippen molar-refractivity contribution in [2.45, 2.75) is 84.8 Å². The van der Waals surface area contributed by atoms with Gasteiger partial charge in [-0.05, 0) is 63.4 Å². The van der Waals surface area contributed by atoms with Crippen LogP contribution in [0.2, 0.25) is 0 Å². The molecule has 0 heterocycles. The lowest BCUT2D eigenvalue weighted by atomic mass is 9.93. The van der Waals surface area contributed by atoms with Gasteiger partial charge in [0.1, 0.15) is 5.60 Å². The normalized spacial score (nSPS) is 20.9. The van der Waals surface area contributed by atoms with Gasteiger partial charge in [0, 0.05) is 28.7 Å². The molecule has 1 aliphatic carbocycles. The van der Waals surface area contributed by atoms with Crippen LogP contribution in [0.5, 0.6) is 0 Å². The highest BCUT2D eigenvalue weighted by Crippen LogP contribution is 2.50. The molecule has 0 radical (unpaired) electrons. The second kappa shape index (κ2) is 15.1. The van der Waals surface area contributed by atoms with Crippen LogP contribution >= 0.6 is 23.5 Å². The third kappa shape index (κ3) is 10.3. The van der Waals surface area contributed by atoms with Crippen molar-refractivity contribution in [1.29, 1.82) is 0 Å². The van der Waals surface area contributed by atoms with E-state index in [9.17, 15) is 14.7 Å². The lowest BCUT2D eigenvalue weighted by molar-refractivity contribution is -0.120. The number of nitrogens with one attached hydrogen (secondary N) is 2. The van der Waals surface area contributed by atoms with E-state index in [1.165, 1.54) is 6.92 Å². The first-order valence-corrected chi connectivity index (χ1v) is 16.3. The first-order chi connectivity index (χ1) is 20.5. The van der Waals surface area contributed by atoms with E-state index in [4.69, 9.17) is 9.47 Å². The van der Waals surface area contributed by atoms with Gasteiger partial charge < -0.3 is 25.2 Å². The Morgan fingerprint density at radius 1 is 0.907 bits per heavy atom. The van der Waals surface area contributed by atoms with Gasteiger partial charge in [0.2, 0.25) is 5.91 Å². The quantitative estimate of drug-likeness (QED) is 0.154. The number of ether oxygens (including phenoxy) is 2. The highest BCUT2D eigenvalue weighted by molar-refractivity contribution is 8.17. The Balaban J connectivity index is 1.62. The molecule has 3 aromatic carbocycles. The van der Waals surface area contributed by atoms with Crippen LogP contribution in [0.1, 0.15) is 46.1 Å². The number of hydrogen-bond donors (Lipinski definition) is 3. The smallest absolute Gasteiger partial charge is 0.407 e. The molecule has 230 valence electrons. The molecule has 43 heavy (non-hydrogen) atoms. The largest absolute Gasteiger partial charge is 0.444 e. The summed E-state index contributed by atoms with van der Waals surface area (Å²) in [5.74, 6) is -0.513. The fourth-order valence-corrected chi connectivity index (χ4v) is 8.10. The van der Waals surface area contributed by atoms with Gasteiger partial charge in [-0.1, -0.05) is 66.7 Å². The Morgan fingerprint density at radius 3 is 1.95 bits per heavy atom. The van der Waals surface area contributed by atoms with Gasteiger partial charge >= 0.3 is 6.09 Å². The molecule has 0 aliphatic heterocycles. The van der Waals surface area contributed by atoms with E-state index < -0.39 is 29.4 Å². The fourth-order valence-electron chi connectivity index (χ4n) is 5.30. The molecule has 0 aromatic heterocycles. The van der Waals surface area contributed by atoms with Crippen molar-refractivity contribution in [3.63, 3.8) is 0 Å². The summed E-state index contributed by atoms with van der Waals surface area (Å²) in [6.07, 6.45) is 0.0782. The number of alkyl carbamates (subject to hydrolysis) is 1. The molecule has 2 amide bonds. The van der Waals surface area contributed by atoms with Crippen LogP contribution in [-0.2, 0) is 20.9 Å². The Labute approximate surface area is 263 Å². The molecule has 4 rings (SSSR count). The Hall–Kier alpha value is -2.98. The second-order valence-corrected chi connectivity index (χ2v) is 14.6. The van der Waals surface area contributed by atoms with Crippen molar-refractivity contribution < 1.29 is 24.2 Å². The minimum absolute atomic E-state index is 0.200. The summed E-state index contributed by atoms with van der Waals surface area (Å²) >= 11 is 3.21. The van der Waals surface area contributed by atoms with Crippen molar-refractivity contribution in [1.82, 2.24) is 10.6 Å². The number of aliphatic hydroxyl groups is 1. The van der Waals surface area contributed by atoms with E-state index in [2.05, 4.69) is 10.6 Å². The fraction of sp³-hybridized carbons (Fsp3) is 0.412. The van der Waals surface area contributed by atoms with Crippen molar-refractivity contribution in [3.05, 3.63) is 96.6 Å². The van der Waals surface area contributed by atoms with Gasteiger partial charge in [0.05, 0.1) is 29.4 Å². The predicted octanol–water partition coefficient (Wildman–Crippen LogP) is 6.65.